The molecule has 0 amide bonds. The van der Waals surface area contributed by atoms with E-state index in [2.05, 4.69) is 56.6 Å². The number of hydrogen-bond acceptors (Lipinski definition) is 3. The van der Waals surface area contributed by atoms with Gasteiger partial charge in [-0.3, -0.25) is 9.69 Å². The van der Waals surface area contributed by atoms with E-state index < -0.39 is 0 Å². The lowest BCUT2D eigenvalue weighted by Crippen LogP contribution is -2.38. The van der Waals surface area contributed by atoms with Crippen molar-refractivity contribution >= 4 is 43.4 Å². The van der Waals surface area contributed by atoms with Crippen molar-refractivity contribution in [3.05, 3.63) is 82.0 Å². The third-order valence-electron chi connectivity index (χ3n) is 6.32. The van der Waals surface area contributed by atoms with Crippen LogP contribution in [0.3, 0.4) is 0 Å². The van der Waals surface area contributed by atoms with E-state index in [1.807, 2.05) is 36.4 Å². The lowest BCUT2D eigenvalue weighted by Gasteiger charge is -2.27. The van der Waals surface area contributed by atoms with Crippen molar-refractivity contribution in [2.45, 2.75) is 13.5 Å². The van der Waals surface area contributed by atoms with Crippen LogP contribution in [-0.2, 0) is 11.3 Å². The topological polar surface area (TPSA) is 34.5 Å². The summed E-state index contributed by atoms with van der Waals surface area (Å²) in [7, 11) is 0. The number of fused-ring (bicyclic) bond motifs is 2. The molecule has 5 heteroatoms. The molecule has 0 aliphatic carbocycles. The SMILES string of the molecule is Cc1c(C(=O)c2ccc(Br)c3ccccc23)c2ccccc2n1CCN1CCOCC1. The predicted octanol–water partition coefficient (Wildman–Crippen LogP) is 5.43. The second-order valence-corrected chi connectivity index (χ2v) is 8.91. The molecule has 0 unspecified atom stereocenters. The van der Waals surface area contributed by atoms with Crippen LogP contribution < -0.4 is 0 Å². The summed E-state index contributed by atoms with van der Waals surface area (Å²) in [4.78, 5) is 16.3. The predicted molar refractivity (Wildman–Crippen MR) is 129 cm³/mol. The number of benzene rings is 3. The lowest BCUT2D eigenvalue weighted by molar-refractivity contribution is 0.0365. The number of nitrogens with zero attached hydrogens (tertiary/aromatic N) is 2. The quantitative estimate of drug-likeness (QED) is 0.360. The largest absolute Gasteiger partial charge is 0.379 e. The van der Waals surface area contributed by atoms with Gasteiger partial charge in [0, 0.05) is 52.8 Å². The van der Waals surface area contributed by atoms with Crippen molar-refractivity contribution in [3.63, 3.8) is 0 Å². The summed E-state index contributed by atoms with van der Waals surface area (Å²) in [6, 6.07) is 20.3. The average molecular weight is 477 g/mol. The van der Waals surface area contributed by atoms with E-state index >= 15 is 0 Å². The van der Waals surface area contributed by atoms with Crippen LogP contribution in [0.25, 0.3) is 21.7 Å². The maximum Gasteiger partial charge on any atom is 0.196 e. The van der Waals surface area contributed by atoms with Crippen molar-refractivity contribution < 1.29 is 9.53 Å². The second kappa shape index (κ2) is 8.58. The molecule has 0 N–H and O–H groups in total. The fraction of sp³-hybridized carbons (Fsp3) is 0.269. The first-order valence-electron chi connectivity index (χ1n) is 10.7. The van der Waals surface area contributed by atoms with Gasteiger partial charge in [0.2, 0.25) is 0 Å². The number of halogens is 1. The van der Waals surface area contributed by atoms with Crippen molar-refractivity contribution in [3.8, 4) is 0 Å². The van der Waals surface area contributed by atoms with Crippen LogP contribution in [0.2, 0.25) is 0 Å². The molecule has 0 spiro atoms. The fourth-order valence-corrected chi connectivity index (χ4v) is 5.14. The van der Waals surface area contributed by atoms with Crippen LogP contribution in [0, 0.1) is 6.92 Å². The molecule has 4 nitrogen and oxygen atoms in total. The highest BCUT2D eigenvalue weighted by Gasteiger charge is 2.23. The van der Waals surface area contributed by atoms with Gasteiger partial charge in [-0.15, -0.1) is 0 Å². The van der Waals surface area contributed by atoms with E-state index in [1.165, 1.54) is 0 Å². The summed E-state index contributed by atoms with van der Waals surface area (Å²) >= 11 is 3.62. The van der Waals surface area contributed by atoms with E-state index in [0.717, 1.165) is 82.4 Å². The number of rotatable bonds is 5. The summed E-state index contributed by atoms with van der Waals surface area (Å²) in [5.41, 5.74) is 3.72. The molecule has 0 saturated carbocycles. The number of para-hydroxylation sites is 1. The van der Waals surface area contributed by atoms with Crippen LogP contribution in [0.5, 0.6) is 0 Å². The van der Waals surface area contributed by atoms with Crippen molar-refractivity contribution in [1.29, 1.82) is 0 Å². The number of morpholine rings is 1. The van der Waals surface area contributed by atoms with E-state index in [0.29, 0.717) is 0 Å². The zero-order valence-electron chi connectivity index (χ0n) is 17.6. The molecule has 1 aliphatic rings. The molecular formula is C26H25BrN2O2. The van der Waals surface area contributed by atoms with Gasteiger partial charge in [-0.05, 0) is 35.9 Å². The third kappa shape index (κ3) is 3.71. The zero-order chi connectivity index (χ0) is 21.4. The van der Waals surface area contributed by atoms with Crippen LogP contribution in [0.4, 0.5) is 0 Å². The van der Waals surface area contributed by atoms with E-state index in [-0.39, 0.29) is 5.78 Å². The molecule has 0 radical (unpaired) electrons. The first kappa shape index (κ1) is 20.4. The number of carbonyl (C=O) groups excluding carboxylic acids is 1. The Bertz CT molecular complexity index is 1270. The molecule has 2 heterocycles. The van der Waals surface area contributed by atoms with Gasteiger partial charge in [0.25, 0.3) is 0 Å². The summed E-state index contributed by atoms with van der Waals surface area (Å²) in [6.07, 6.45) is 0. The molecule has 3 aromatic carbocycles. The molecule has 1 aliphatic heterocycles. The monoisotopic (exact) mass is 476 g/mol. The van der Waals surface area contributed by atoms with Crippen LogP contribution >= 0.6 is 15.9 Å². The highest BCUT2D eigenvalue weighted by atomic mass is 79.9. The van der Waals surface area contributed by atoms with Gasteiger partial charge in [0.05, 0.1) is 18.8 Å². The van der Waals surface area contributed by atoms with Gasteiger partial charge < -0.3 is 9.30 Å². The molecule has 158 valence electrons. The van der Waals surface area contributed by atoms with Gasteiger partial charge in [-0.1, -0.05) is 58.4 Å². The minimum atomic E-state index is 0.0857. The molecule has 4 aromatic rings. The standard InChI is InChI=1S/C26H25BrN2O2/c1-18-25(26(30)21-10-11-23(27)20-7-3-2-6-19(20)21)22-8-4-5-9-24(22)29(18)13-12-28-14-16-31-17-15-28/h2-11H,12-17H2,1H3. The Balaban J connectivity index is 1.58. The lowest BCUT2D eigenvalue weighted by atomic mass is 9.95. The molecule has 1 fully saturated rings. The highest BCUT2D eigenvalue weighted by Crippen LogP contribution is 2.32. The average Bonchev–Trinajstić information content (AvgIpc) is 3.09. The number of carbonyl (C=O) groups is 1. The third-order valence-corrected chi connectivity index (χ3v) is 7.01. The molecule has 1 aromatic heterocycles. The Morgan fingerprint density at radius 3 is 2.35 bits per heavy atom. The first-order valence-corrected chi connectivity index (χ1v) is 11.5. The smallest absolute Gasteiger partial charge is 0.196 e. The number of ketones is 1. The van der Waals surface area contributed by atoms with Crippen LogP contribution in [0.15, 0.2) is 65.1 Å². The van der Waals surface area contributed by atoms with Crippen molar-refractivity contribution in [2.75, 3.05) is 32.8 Å². The minimum absolute atomic E-state index is 0.0857. The number of hydrogen-bond donors (Lipinski definition) is 0. The Kier molecular flexibility index (Phi) is 5.65. The fourth-order valence-electron chi connectivity index (χ4n) is 4.67. The second-order valence-electron chi connectivity index (χ2n) is 8.05. The highest BCUT2D eigenvalue weighted by molar-refractivity contribution is 9.10. The van der Waals surface area contributed by atoms with Crippen molar-refractivity contribution in [2.24, 2.45) is 0 Å². The minimum Gasteiger partial charge on any atom is -0.379 e. The van der Waals surface area contributed by atoms with Crippen molar-refractivity contribution in [1.82, 2.24) is 9.47 Å². The van der Waals surface area contributed by atoms with E-state index in [1.54, 1.807) is 0 Å². The van der Waals surface area contributed by atoms with Crippen LogP contribution in [0.1, 0.15) is 21.6 Å². The van der Waals surface area contributed by atoms with Gasteiger partial charge in [-0.2, -0.15) is 0 Å². The summed E-state index contributed by atoms with van der Waals surface area (Å²) in [5.74, 6) is 0.0857. The molecule has 5 rings (SSSR count). The molecule has 0 atom stereocenters. The zero-order valence-corrected chi connectivity index (χ0v) is 19.2. The molecular weight excluding hydrogens is 452 g/mol. The van der Waals surface area contributed by atoms with Gasteiger partial charge >= 0.3 is 0 Å². The van der Waals surface area contributed by atoms with E-state index in [9.17, 15) is 4.79 Å². The van der Waals surface area contributed by atoms with E-state index in [4.69, 9.17) is 4.74 Å². The van der Waals surface area contributed by atoms with Gasteiger partial charge in [0.1, 0.15) is 0 Å². The summed E-state index contributed by atoms with van der Waals surface area (Å²) in [6.45, 7) is 7.42. The summed E-state index contributed by atoms with van der Waals surface area (Å²) < 4.78 is 8.79. The normalized spacial score (nSPS) is 15.0. The molecule has 31 heavy (non-hydrogen) atoms. The molecule has 0 bridgehead atoms. The number of aromatic nitrogens is 1. The first-order chi connectivity index (χ1) is 15.1. The number of ether oxygens (including phenoxy) is 1. The Labute approximate surface area is 190 Å². The van der Waals surface area contributed by atoms with Crippen LogP contribution in [-0.4, -0.2) is 48.1 Å². The Hall–Kier alpha value is -2.47. The Morgan fingerprint density at radius 1 is 0.903 bits per heavy atom. The van der Waals surface area contributed by atoms with Gasteiger partial charge in [-0.25, -0.2) is 0 Å². The Morgan fingerprint density at radius 2 is 1.58 bits per heavy atom. The maximum absolute atomic E-state index is 13.9. The summed E-state index contributed by atoms with van der Waals surface area (Å²) in [5, 5.41) is 3.06. The maximum atomic E-state index is 13.9. The van der Waals surface area contributed by atoms with Gasteiger partial charge in [0.15, 0.2) is 5.78 Å². The molecule has 1 saturated heterocycles.